The van der Waals surface area contributed by atoms with Gasteiger partial charge in [0.05, 0.1) is 12.6 Å². The maximum absolute atomic E-state index is 10.0. The van der Waals surface area contributed by atoms with E-state index in [1.54, 1.807) is 0 Å². The fourth-order valence-electron chi connectivity index (χ4n) is 2.21. The lowest BCUT2D eigenvalue weighted by Crippen LogP contribution is -2.25. The molecule has 4 N–H and O–H groups in total. The number of anilines is 1. The Morgan fingerprint density at radius 2 is 1.83 bits per heavy atom. The molecule has 1 unspecified atom stereocenters. The number of benzene rings is 2. The van der Waals surface area contributed by atoms with Gasteiger partial charge in [-0.05, 0) is 29.7 Å². The van der Waals surface area contributed by atoms with Crippen LogP contribution in [0.15, 0.2) is 59.6 Å². The number of nitrogens with zero attached hydrogens (tertiary/aromatic N) is 1. The highest BCUT2D eigenvalue weighted by Crippen LogP contribution is 2.10. The molecule has 2 aromatic rings. The van der Waals surface area contributed by atoms with Crippen LogP contribution in [0.25, 0.3) is 0 Å². The van der Waals surface area contributed by atoms with Crippen molar-refractivity contribution in [2.24, 2.45) is 10.7 Å². The van der Waals surface area contributed by atoms with Crippen LogP contribution in [0.5, 0.6) is 0 Å². The minimum Gasteiger partial charge on any atom is -0.391 e. The van der Waals surface area contributed by atoms with E-state index in [2.05, 4.69) is 23.3 Å². The number of aliphatic hydroxyl groups is 1. The summed E-state index contributed by atoms with van der Waals surface area (Å²) in [7, 11) is 0. The van der Waals surface area contributed by atoms with Crippen molar-refractivity contribution < 1.29 is 5.11 Å². The van der Waals surface area contributed by atoms with Crippen LogP contribution in [-0.4, -0.2) is 23.7 Å². The Hall–Kier alpha value is -1.60. The molecule has 124 valence electrons. The van der Waals surface area contributed by atoms with Gasteiger partial charge in [0.25, 0.3) is 0 Å². The van der Waals surface area contributed by atoms with Gasteiger partial charge in [0, 0.05) is 12.1 Å². The van der Waals surface area contributed by atoms with Crippen LogP contribution in [-0.2, 0) is 12.8 Å². The third kappa shape index (κ3) is 7.00. The van der Waals surface area contributed by atoms with Crippen molar-refractivity contribution in [1.82, 2.24) is 0 Å². The number of rotatable bonds is 6. The Morgan fingerprint density at radius 3 is 2.52 bits per heavy atom. The maximum Gasteiger partial charge on any atom is 0.193 e. The summed E-state index contributed by atoms with van der Waals surface area (Å²) in [5.41, 5.74) is 9.11. The molecule has 2 rings (SSSR count). The molecule has 5 heteroatoms. The number of hydrogen-bond donors (Lipinski definition) is 3. The highest BCUT2D eigenvalue weighted by atomic mass is 127. The van der Waals surface area contributed by atoms with Crippen molar-refractivity contribution in [2.75, 3.05) is 11.9 Å². The Bertz CT molecular complexity index is 617. The smallest absolute Gasteiger partial charge is 0.193 e. The van der Waals surface area contributed by atoms with Crippen LogP contribution in [0.1, 0.15) is 18.1 Å². The van der Waals surface area contributed by atoms with Gasteiger partial charge in [-0.15, -0.1) is 24.0 Å². The zero-order valence-electron chi connectivity index (χ0n) is 13.3. The van der Waals surface area contributed by atoms with E-state index in [-0.39, 0.29) is 30.5 Å². The predicted octanol–water partition coefficient (Wildman–Crippen LogP) is 3.20. The molecule has 0 aromatic heterocycles. The van der Waals surface area contributed by atoms with Crippen LogP contribution < -0.4 is 11.1 Å². The molecule has 2 aromatic carbocycles. The van der Waals surface area contributed by atoms with Crippen molar-refractivity contribution in [3.63, 3.8) is 0 Å². The lowest BCUT2D eigenvalue weighted by molar-refractivity contribution is 0.184. The number of guanidine groups is 1. The predicted molar refractivity (Wildman–Crippen MR) is 107 cm³/mol. The van der Waals surface area contributed by atoms with E-state index in [0.29, 0.717) is 12.4 Å². The monoisotopic (exact) mass is 425 g/mol. The van der Waals surface area contributed by atoms with Crippen molar-refractivity contribution in [3.8, 4) is 0 Å². The Labute approximate surface area is 154 Å². The number of nitrogens with one attached hydrogen (secondary N) is 1. The van der Waals surface area contributed by atoms with E-state index in [1.165, 1.54) is 5.56 Å². The number of halogens is 1. The standard InChI is InChI=1S/C18H23N3O.HI/c1-2-14-9-6-10-16(11-14)21-18(19)20-13-17(22)12-15-7-4-3-5-8-15;/h3-11,17,22H,2,12-13H2,1H3,(H3,19,20,21);1H. The van der Waals surface area contributed by atoms with E-state index in [1.807, 2.05) is 48.5 Å². The summed E-state index contributed by atoms with van der Waals surface area (Å²) < 4.78 is 0. The van der Waals surface area contributed by atoms with Gasteiger partial charge in [-0.1, -0.05) is 49.4 Å². The first-order valence-electron chi connectivity index (χ1n) is 7.55. The highest BCUT2D eigenvalue weighted by molar-refractivity contribution is 14.0. The van der Waals surface area contributed by atoms with Gasteiger partial charge < -0.3 is 16.2 Å². The molecular weight excluding hydrogens is 401 g/mol. The average molecular weight is 425 g/mol. The molecule has 4 nitrogen and oxygen atoms in total. The number of hydrogen-bond acceptors (Lipinski definition) is 2. The van der Waals surface area contributed by atoms with Gasteiger partial charge in [0.15, 0.2) is 5.96 Å². The molecule has 0 heterocycles. The van der Waals surface area contributed by atoms with Gasteiger partial charge in [-0.2, -0.15) is 0 Å². The van der Waals surface area contributed by atoms with Crippen molar-refractivity contribution in [3.05, 3.63) is 65.7 Å². The van der Waals surface area contributed by atoms with E-state index >= 15 is 0 Å². The summed E-state index contributed by atoms with van der Waals surface area (Å²) in [5, 5.41) is 13.1. The van der Waals surface area contributed by atoms with Gasteiger partial charge >= 0.3 is 0 Å². The van der Waals surface area contributed by atoms with Crippen molar-refractivity contribution in [1.29, 1.82) is 0 Å². The number of aryl methyl sites for hydroxylation is 1. The molecule has 0 aliphatic carbocycles. The zero-order valence-corrected chi connectivity index (χ0v) is 15.6. The molecular formula is C18H24IN3O. The Balaban J connectivity index is 0.00000264. The minimum absolute atomic E-state index is 0. The molecule has 0 bridgehead atoms. The second-order valence-electron chi connectivity index (χ2n) is 5.25. The van der Waals surface area contributed by atoms with Gasteiger partial charge in [-0.25, -0.2) is 0 Å². The normalized spacial score (nSPS) is 12.3. The largest absolute Gasteiger partial charge is 0.391 e. The molecule has 23 heavy (non-hydrogen) atoms. The van der Waals surface area contributed by atoms with E-state index in [9.17, 15) is 5.11 Å². The number of nitrogens with two attached hydrogens (primary N) is 1. The quantitative estimate of drug-likeness (QED) is 0.378. The average Bonchev–Trinajstić information content (AvgIpc) is 2.54. The summed E-state index contributed by atoms with van der Waals surface area (Å²) in [6.45, 7) is 2.39. The van der Waals surface area contributed by atoms with E-state index < -0.39 is 6.10 Å². The molecule has 0 spiro atoms. The topological polar surface area (TPSA) is 70.6 Å². The lowest BCUT2D eigenvalue weighted by Gasteiger charge is -2.10. The van der Waals surface area contributed by atoms with E-state index in [0.717, 1.165) is 17.7 Å². The molecule has 0 radical (unpaired) electrons. The van der Waals surface area contributed by atoms with Crippen LogP contribution in [0.3, 0.4) is 0 Å². The zero-order chi connectivity index (χ0) is 15.8. The summed E-state index contributed by atoms with van der Waals surface area (Å²) in [6, 6.07) is 17.9. The van der Waals surface area contributed by atoms with Gasteiger partial charge in [0.2, 0.25) is 0 Å². The lowest BCUT2D eigenvalue weighted by atomic mass is 10.1. The first-order valence-corrected chi connectivity index (χ1v) is 7.55. The van der Waals surface area contributed by atoms with Crippen molar-refractivity contribution in [2.45, 2.75) is 25.9 Å². The third-order valence-corrected chi connectivity index (χ3v) is 3.39. The second-order valence-corrected chi connectivity index (χ2v) is 5.25. The van der Waals surface area contributed by atoms with Crippen LogP contribution in [0.2, 0.25) is 0 Å². The van der Waals surface area contributed by atoms with Crippen LogP contribution >= 0.6 is 24.0 Å². The van der Waals surface area contributed by atoms with E-state index in [4.69, 9.17) is 5.73 Å². The molecule has 0 aliphatic rings. The Morgan fingerprint density at radius 1 is 1.13 bits per heavy atom. The van der Waals surface area contributed by atoms with Crippen LogP contribution in [0.4, 0.5) is 5.69 Å². The Kier molecular flexibility index (Phi) is 8.65. The first kappa shape index (κ1) is 19.4. The number of aliphatic imine (C=N–C) groups is 1. The fourth-order valence-corrected chi connectivity index (χ4v) is 2.21. The molecule has 0 saturated heterocycles. The van der Waals surface area contributed by atoms with Gasteiger partial charge in [0.1, 0.15) is 0 Å². The highest BCUT2D eigenvalue weighted by Gasteiger charge is 2.05. The fraction of sp³-hybridized carbons (Fsp3) is 0.278. The summed E-state index contributed by atoms with van der Waals surface area (Å²) >= 11 is 0. The molecule has 0 aliphatic heterocycles. The van der Waals surface area contributed by atoms with Crippen molar-refractivity contribution >= 4 is 35.6 Å². The molecule has 0 saturated carbocycles. The molecule has 1 atom stereocenters. The molecule has 0 amide bonds. The third-order valence-electron chi connectivity index (χ3n) is 3.39. The van der Waals surface area contributed by atoms with Crippen LogP contribution in [0, 0.1) is 0 Å². The first-order chi connectivity index (χ1) is 10.7. The minimum atomic E-state index is -0.537. The SMILES string of the molecule is CCc1cccc(NC(N)=NCC(O)Cc2ccccc2)c1.I. The molecule has 0 fully saturated rings. The second kappa shape index (κ2) is 10.2. The number of aliphatic hydroxyl groups excluding tert-OH is 1. The maximum atomic E-state index is 10.0. The summed E-state index contributed by atoms with van der Waals surface area (Å²) in [4.78, 5) is 4.20. The summed E-state index contributed by atoms with van der Waals surface area (Å²) in [5.74, 6) is 0.320. The summed E-state index contributed by atoms with van der Waals surface area (Å²) in [6.07, 6.45) is 1.01. The van der Waals surface area contributed by atoms with Gasteiger partial charge in [-0.3, -0.25) is 4.99 Å².